The summed E-state index contributed by atoms with van der Waals surface area (Å²) >= 11 is 6.15. The van der Waals surface area contributed by atoms with Gasteiger partial charge in [0.15, 0.2) is 0 Å². The number of piperazine rings is 1. The van der Waals surface area contributed by atoms with E-state index in [4.69, 9.17) is 11.6 Å². The van der Waals surface area contributed by atoms with Crippen LogP contribution < -0.4 is 4.90 Å². The molecular formula is C22H24ClFN4O2S. The van der Waals surface area contributed by atoms with Gasteiger partial charge in [-0.15, -0.1) is 0 Å². The van der Waals surface area contributed by atoms with Gasteiger partial charge in [0.25, 0.3) is 0 Å². The van der Waals surface area contributed by atoms with Gasteiger partial charge in [-0.3, -0.25) is 0 Å². The third kappa shape index (κ3) is 4.07. The second-order valence-corrected chi connectivity index (χ2v) is 10.0. The lowest BCUT2D eigenvalue weighted by Gasteiger charge is -2.36. The summed E-state index contributed by atoms with van der Waals surface area (Å²) in [6.45, 7) is 7.32. The maximum atomic E-state index is 13.5. The molecule has 1 aliphatic rings. The standard InChI is InChI=1S/C22H24ClFN4O2S/c1-15-4-5-18(23)14-21(15)26-10-12-27(13-11-26)31(29,30)22-16(2)25-28(17(22)3)20-8-6-19(24)7-9-20/h4-9,14H,10-13H2,1-3H3. The Balaban J connectivity index is 1.59. The molecule has 0 atom stereocenters. The Labute approximate surface area is 186 Å². The van der Waals surface area contributed by atoms with Gasteiger partial charge in [0.1, 0.15) is 10.7 Å². The summed E-state index contributed by atoms with van der Waals surface area (Å²) in [6.07, 6.45) is 0. The average molecular weight is 463 g/mol. The van der Waals surface area contributed by atoms with Crippen LogP contribution in [0.4, 0.5) is 10.1 Å². The molecule has 2 heterocycles. The summed E-state index contributed by atoms with van der Waals surface area (Å²) in [5.74, 6) is -0.356. The highest BCUT2D eigenvalue weighted by Crippen LogP contribution is 2.29. The average Bonchev–Trinajstić information content (AvgIpc) is 3.05. The minimum Gasteiger partial charge on any atom is -0.369 e. The molecule has 9 heteroatoms. The van der Waals surface area contributed by atoms with Gasteiger partial charge in [0.2, 0.25) is 10.0 Å². The van der Waals surface area contributed by atoms with Crippen molar-refractivity contribution in [2.75, 3.05) is 31.1 Å². The van der Waals surface area contributed by atoms with E-state index in [-0.39, 0.29) is 10.7 Å². The van der Waals surface area contributed by atoms with E-state index in [1.54, 1.807) is 30.7 Å². The molecule has 31 heavy (non-hydrogen) atoms. The monoisotopic (exact) mass is 462 g/mol. The molecule has 4 rings (SSSR count). The smallest absolute Gasteiger partial charge is 0.246 e. The first-order valence-corrected chi connectivity index (χ1v) is 11.8. The molecule has 2 aromatic carbocycles. The fourth-order valence-electron chi connectivity index (χ4n) is 4.06. The normalized spacial score (nSPS) is 15.5. The number of hydrogen-bond acceptors (Lipinski definition) is 4. The number of rotatable bonds is 4. The lowest BCUT2D eigenvalue weighted by Crippen LogP contribution is -2.49. The lowest BCUT2D eigenvalue weighted by molar-refractivity contribution is 0.384. The number of halogens is 2. The number of hydrogen-bond donors (Lipinski definition) is 0. The van der Waals surface area contributed by atoms with E-state index >= 15 is 0 Å². The molecule has 6 nitrogen and oxygen atoms in total. The number of anilines is 1. The van der Waals surface area contributed by atoms with E-state index in [2.05, 4.69) is 10.00 Å². The van der Waals surface area contributed by atoms with Gasteiger partial charge in [-0.25, -0.2) is 17.5 Å². The molecule has 1 aliphatic heterocycles. The highest BCUT2D eigenvalue weighted by atomic mass is 35.5. The summed E-state index contributed by atoms with van der Waals surface area (Å²) in [6, 6.07) is 11.6. The Morgan fingerprint density at radius 1 is 0.968 bits per heavy atom. The van der Waals surface area contributed by atoms with Crippen molar-refractivity contribution in [2.24, 2.45) is 0 Å². The molecule has 0 radical (unpaired) electrons. The zero-order valence-corrected chi connectivity index (χ0v) is 19.2. The van der Waals surface area contributed by atoms with E-state index in [1.165, 1.54) is 16.4 Å². The molecular weight excluding hydrogens is 439 g/mol. The predicted octanol–water partition coefficient (Wildman–Crippen LogP) is 4.10. The highest BCUT2D eigenvalue weighted by molar-refractivity contribution is 7.89. The molecule has 3 aromatic rings. The SMILES string of the molecule is Cc1ccc(Cl)cc1N1CCN(S(=O)(=O)c2c(C)nn(-c3ccc(F)cc3)c2C)CC1. The Morgan fingerprint density at radius 2 is 1.61 bits per heavy atom. The van der Waals surface area contributed by atoms with Crippen molar-refractivity contribution in [1.29, 1.82) is 0 Å². The van der Waals surface area contributed by atoms with Gasteiger partial charge in [-0.05, 0) is 62.7 Å². The number of sulfonamides is 1. The number of nitrogens with zero attached hydrogens (tertiary/aromatic N) is 4. The van der Waals surface area contributed by atoms with Crippen LogP contribution in [0, 0.1) is 26.6 Å². The number of aromatic nitrogens is 2. The van der Waals surface area contributed by atoms with Gasteiger partial charge in [-0.1, -0.05) is 17.7 Å². The lowest BCUT2D eigenvalue weighted by atomic mass is 10.1. The van der Waals surface area contributed by atoms with Crippen molar-refractivity contribution in [3.8, 4) is 5.69 Å². The third-order valence-electron chi connectivity index (χ3n) is 5.64. The topological polar surface area (TPSA) is 58.4 Å². The minimum absolute atomic E-state index is 0.212. The third-order valence-corrected chi connectivity index (χ3v) is 8.03. The predicted molar refractivity (Wildman–Crippen MR) is 120 cm³/mol. The summed E-state index contributed by atoms with van der Waals surface area (Å²) in [5.41, 5.74) is 3.69. The number of aryl methyl sites for hydroxylation is 2. The maximum absolute atomic E-state index is 13.5. The fourth-order valence-corrected chi connectivity index (χ4v) is 6.00. The Hall–Kier alpha value is -2.42. The molecule has 1 saturated heterocycles. The van der Waals surface area contributed by atoms with Crippen LogP contribution in [0.25, 0.3) is 5.69 Å². The van der Waals surface area contributed by atoms with Crippen LogP contribution in [0.2, 0.25) is 5.02 Å². The first-order chi connectivity index (χ1) is 14.7. The van der Waals surface area contributed by atoms with Gasteiger partial charge in [0, 0.05) is 36.9 Å². The van der Waals surface area contributed by atoms with E-state index < -0.39 is 10.0 Å². The molecule has 0 unspecified atom stereocenters. The Morgan fingerprint density at radius 3 is 2.26 bits per heavy atom. The first-order valence-electron chi connectivity index (χ1n) is 10.0. The molecule has 0 saturated carbocycles. The summed E-state index contributed by atoms with van der Waals surface area (Å²) in [4.78, 5) is 2.37. The van der Waals surface area contributed by atoms with Gasteiger partial charge in [-0.2, -0.15) is 9.40 Å². The fraction of sp³-hybridized carbons (Fsp3) is 0.318. The van der Waals surface area contributed by atoms with Crippen molar-refractivity contribution in [3.63, 3.8) is 0 Å². The zero-order chi connectivity index (χ0) is 22.3. The molecule has 0 aliphatic carbocycles. The minimum atomic E-state index is -3.72. The van der Waals surface area contributed by atoms with E-state index in [0.717, 1.165) is 11.3 Å². The van der Waals surface area contributed by atoms with Crippen molar-refractivity contribution in [2.45, 2.75) is 25.7 Å². The zero-order valence-electron chi connectivity index (χ0n) is 17.6. The maximum Gasteiger partial charge on any atom is 0.246 e. The van der Waals surface area contributed by atoms with E-state index in [9.17, 15) is 12.8 Å². The van der Waals surface area contributed by atoms with Gasteiger partial charge < -0.3 is 4.90 Å². The Kier molecular flexibility index (Phi) is 5.81. The molecule has 0 bridgehead atoms. The van der Waals surface area contributed by atoms with Crippen molar-refractivity contribution in [1.82, 2.24) is 14.1 Å². The van der Waals surface area contributed by atoms with Crippen LogP contribution in [0.5, 0.6) is 0 Å². The highest BCUT2D eigenvalue weighted by Gasteiger charge is 2.33. The van der Waals surface area contributed by atoms with Crippen LogP contribution >= 0.6 is 11.6 Å². The quantitative estimate of drug-likeness (QED) is 0.585. The molecule has 164 valence electrons. The van der Waals surface area contributed by atoms with Crippen LogP contribution in [0.15, 0.2) is 47.4 Å². The summed E-state index contributed by atoms with van der Waals surface area (Å²) < 4.78 is 43.3. The van der Waals surface area contributed by atoms with Gasteiger partial charge in [0.05, 0.1) is 17.1 Å². The van der Waals surface area contributed by atoms with Crippen molar-refractivity contribution in [3.05, 3.63) is 70.3 Å². The van der Waals surface area contributed by atoms with Crippen LogP contribution in [-0.4, -0.2) is 48.7 Å². The second-order valence-electron chi connectivity index (χ2n) is 7.71. The summed E-state index contributed by atoms with van der Waals surface area (Å²) in [7, 11) is -3.72. The van der Waals surface area contributed by atoms with Crippen molar-refractivity contribution >= 4 is 27.3 Å². The number of benzene rings is 2. The largest absolute Gasteiger partial charge is 0.369 e. The van der Waals surface area contributed by atoms with E-state index in [1.807, 2.05) is 25.1 Å². The van der Waals surface area contributed by atoms with Gasteiger partial charge >= 0.3 is 0 Å². The first kappa shape index (κ1) is 21.8. The molecule has 0 N–H and O–H groups in total. The molecule has 0 spiro atoms. The molecule has 0 amide bonds. The summed E-state index contributed by atoms with van der Waals surface area (Å²) in [5, 5.41) is 5.08. The van der Waals surface area contributed by atoms with E-state index in [0.29, 0.717) is 48.3 Å². The molecule has 1 aromatic heterocycles. The molecule has 1 fully saturated rings. The van der Waals surface area contributed by atoms with Crippen LogP contribution in [-0.2, 0) is 10.0 Å². The Bertz CT molecular complexity index is 1220. The second kappa shape index (κ2) is 8.26. The van der Waals surface area contributed by atoms with Crippen LogP contribution in [0.1, 0.15) is 17.0 Å². The van der Waals surface area contributed by atoms with Crippen LogP contribution in [0.3, 0.4) is 0 Å². The van der Waals surface area contributed by atoms with Crippen molar-refractivity contribution < 1.29 is 12.8 Å².